The van der Waals surface area contributed by atoms with Crippen molar-refractivity contribution in [3.8, 4) is 0 Å². The highest BCUT2D eigenvalue weighted by Crippen LogP contribution is 2.11. The number of nitrogens with zero attached hydrogens (tertiary/aromatic N) is 3. The van der Waals surface area contributed by atoms with Crippen LogP contribution in [0.2, 0.25) is 0 Å². The second-order valence-electron chi connectivity index (χ2n) is 6.20. The normalized spacial score (nSPS) is 10.4. The zero-order chi connectivity index (χ0) is 18.9. The van der Waals surface area contributed by atoms with Gasteiger partial charge in [0.15, 0.2) is 0 Å². The summed E-state index contributed by atoms with van der Waals surface area (Å²) in [6.45, 7) is 2.45. The van der Waals surface area contributed by atoms with Crippen LogP contribution >= 0.6 is 0 Å². The molecule has 0 radical (unpaired) electrons. The van der Waals surface area contributed by atoms with E-state index < -0.39 is 0 Å². The molecule has 0 bridgehead atoms. The summed E-state index contributed by atoms with van der Waals surface area (Å²) >= 11 is 0. The van der Waals surface area contributed by atoms with E-state index in [2.05, 4.69) is 4.98 Å². The lowest BCUT2D eigenvalue weighted by Crippen LogP contribution is -2.35. The van der Waals surface area contributed by atoms with Crippen LogP contribution in [0, 0.1) is 5.82 Å². The van der Waals surface area contributed by atoms with Gasteiger partial charge in [-0.05, 0) is 30.2 Å². The summed E-state index contributed by atoms with van der Waals surface area (Å²) < 4.78 is 13.8. The van der Waals surface area contributed by atoms with Crippen molar-refractivity contribution in [2.45, 2.75) is 26.3 Å². The molecular weight excluding hydrogens is 333 g/mol. The van der Waals surface area contributed by atoms with E-state index in [9.17, 15) is 14.0 Å². The first-order chi connectivity index (χ1) is 12.5. The minimum absolute atomic E-state index is 0.0427. The Morgan fingerprint density at radius 3 is 2.42 bits per heavy atom. The molecule has 0 atom stereocenters. The Kier molecular flexibility index (Phi) is 7.26. The highest BCUT2D eigenvalue weighted by molar-refractivity contribution is 5.78. The summed E-state index contributed by atoms with van der Waals surface area (Å²) in [5.41, 5.74) is 1.56. The average Bonchev–Trinajstić information content (AvgIpc) is 2.64. The molecule has 26 heavy (non-hydrogen) atoms. The summed E-state index contributed by atoms with van der Waals surface area (Å²) in [5.74, 6) is -0.570. The molecular formula is C20H24FN3O2. The van der Waals surface area contributed by atoms with Crippen molar-refractivity contribution < 1.29 is 14.0 Å². The molecule has 0 unspecified atom stereocenters. The van der Waals surface area contributed by atoms with Gasteiger partial charge < -0.3 is 9.80 Å². The molecule has 5 nitrogen and oxygen atoms in total. The van der Waals surface area contributed by atoms with Gasteiger partial charge in [-0.3, -0.25) is 14.6 Å². The van der Waals surface area contributed by atoms with Crippen molar-refractivity contribution in [1.82, 2.24) is 14.8 Å². The van der Waals surface area contributed by atoms with Crippen molar-refractivity contribution >= 4 is 11.8 Å². The second kappa shape index (κ2) is 9.65. The molecule has 0 saturated heterocycles. The molecule has 2 amide bonds. The van der Waals surface area contributed by atoms with Gasteiger partial charge in [0.05, 0.1) is 0 Å². The van der Waals surface area contributed by atoms with E-state index in [1.807, 2.05) is 12.1 Å². The van der Waals surface area contributed by atoms with Crippen LogP contribution in [-0.2, 0) is 22.6 Å². The lowest BCUT2D eigenvalue weighted by Gasteiger charge is -2.23. The van der Waals surface area contributed by atoms with Gasteiger partial charge >= 0.3 is 0 Å². The third-order valence-electron chi connectivity index (χ3n) is 4.27. The summed E-state index contributed by atoms with van der Waals surface area (Å²) in [4.78, 5) is 31.3. The number of carbonyl (C=O) groups is 2. The molecule has 0 saturated carbocycles. The Morgan fingerprint density at radius 2 is 1.77 bits per heavy atom. The van der Waals surface area contributed by atoms with E-state index in [0.29, 0.717) is 12.1 Å². The predicted molar refractivity (Wildman–Crippen MR) is 97.7 cm³/mol. The van der Waals surface area contributed by atoms with Crippen LogP contribution in [-0.4, -0.2) is 46.7 Å². The van der Waals surface area contributed by atoms with E-state index in [4.69, 9.17) is 0 Å². The number of hydrogen-bond donors (Lipinski definition) is 0. The summed E-state index contributed by atoms with van der Waals surface area (Å²) in [7, 11) is 1.75. The molecule has 138 valence electrons. The summed E-state index contributed by atoms with van der Waals surface area (Å²) in [6.07, 6.45) is 4.41. The molecule has 2 aromatic rings. The Morgan fingerprint density at radius 1 is 1.08 bits per heavy atom. The van der Waals surface area contributed by atoms with Gasteiger partial charge in [-0.15, -0.1) is 0 Å². The first-order valence-electron chi connectivity index (χ1n) is 8.59. The molecule has 6 heteroatoms. The molecule has 2 rings (SSSR count). The van der Waals surface area contributed by atoms with Crippen LogP contribution in [0.15, 0.2) is 48.8 Å². The van der Waals surface area contributed by atoms with Crippen molar-refractivity contribution in [1.29, 1.82) is 0 Å². The number of rotatable bonds is 8. The number of benzene rings is 1. The largest absolute Gasteiger partial charge is 0.345 e. The third-order valence-corrected chi connectivity index (χ3v) is 4.27. The van der Waals surface area contributed by atoms with Gasteiger partial charge in [-0.25, -0.2) is 4.39 Å². The van der Waals surface area contributed by atoms with Crippen molar-refractivity contribution in [2.24, 2.45) is 0 Å². The number of likely N-dealkylation sites (N-methyl/N-ethyl adjacent to an activating group) is 1. The fourth-order valence-electron chi connectivity index (χ4n) is 2.57. The van der Waals surface area contributed by atoms with Crippen LogP contribution in [0.4, 0.5) is 4.39 Å². The fourth-order valence-corrected chi connectivity index (χ4v) is 2.57. The second-order valence-corrected chi connectivity index (χ2v) is 6.20. The van der Waals surface area contributed by atoms with E-state index in [0.717, 1.165) is 12.0 Å². The number of aromatic nitrogens is 1. The average molecular weight is 357 g/mol. The number of amides is 2. The minimum atomic E-state index is -0.348. The first kappa shape index (κ1) is 19.6. The topological polar surface area (TPSA) is 53.5 Å². The zero-order valence-electron chi connectivity index (χ0n) is 15.2. The molecule has 0 aliphatic carbocycles. The van der Waals surface area contributed by atoms with Crippen molar-refractivity contribution in [3.05, 3.63) is 65.7 Å². The van der Waals surface area contributed by atoms with Gasteiger partial charge in [0.1, 0.15) is 5.82 Å². The van der Waals surface area contributed by atoms with E-state index in [1.165, 1.54) is 17.9 Å². The maximum Gasteiger partial charge on any atom is 0.224 e. The molecule has 1 aromatic carbocycles. The van der Waals surface area contributed by atoms with Crippen molar-refractivity contribution in [2.75, 3.05) is 20.1 Å². The first-order valence-corrected chi connectivity index (χ1v) is 8.59. The Balaban J connectivity index is 1.84. The lowest BCUT2D eigenvalue weighted by atomic mass is 10.2. The lowest BCUT2D eigenvalue weighted by molar-refractivity contribution is -0.133. The molecule has 0 fully saturated rings. The number of hydrogen-bond acceptors (Lipinski definition) is 3. The predicted octanol–water partition coefficient (Wildman–Crippen LogP) is 2.66. The highest BCUT2D eigenvalue weighted by Gasteiger charge is 2.15. The standard InChI is InChI=1S/C20H24FN3O2/c1-16(25)24(15-18-5-3-4-6-19(18)21)14-10-20(26)23(2)13-9-17-7-11-22-12-8-17/h3-8,11-12H,9-10,13-15H2,1-2H3. The van der Waals surface area contributed by atoms with Gasteiger partial charge in [-0.1, -0.05) is 18.2 Å². The van der Waals surface area contributed by atoms with E-state index >= 15 is 0 Å². The van der Waals surface area contributed by atoms with Crippen LogP contribution < -0.4 is 0 Å². The van der Waals surface area contributed by atoms with E-state index in [-0.39, 0.29) is 37.1 Å². The van der Waals surface area contributed by atoms with Crippen LogP contribution in [0.25, 0.3) is 0 Å². The number of pyridine rings is 1. The summed E-state index contributed by atoms with van der Waals surface area (Å²) in [5, 5.41) is 0. The summed E-state index contributed by atoms with van der Waals surface area (Å²) in [6, 6.07) is 10.2. The van der Waals surface area contributed by atoms with Crippen LogP contribution in [0.5, 0.6) is 0 Å². The van der Waals surface area contributed by atoms with Gasteiger partial charge in [0.25, 0.3) is 0 Å². The number of halogens is 1. The fraction of sp³-hybridized carbons (Fsp3) is 0.350. The molecule has 0 aliphatic rings. The maximum atomic E-state index is 13.8. The highest BCUT2D eigenvalue weighted by atomic mass is 19.1. The zero-order valence-corrected chi connectivity index (χ0v) is 15.2. The van der Waals surface area contributed by atoms with Gasteiger partial charge in [0.2, 0.25) is 11.8 Å². The Hall–Kier alpha value is -2.76. The third kappa shape index (κ3) is 5.95. The monoisotopic (exact) mass is 357 g/mol. The van der Waals surface area contributed by atoms with Crippen molar-refractivity contribution in [3.63, 3.8) is 0 Å². The minimum Gasteiger partial charge on any atom is -0.345 e. The SMILES string of the molecule is CC(=O)N(CCC(=O)N(C)CCc1ccncc1)Cc1ccccc1F. The number of carbonyl (C=O) groups excluding carboxylic acids is 2. The van der Waals surface area contributed by atoms with Gasteiger partial charge in [0, 0.05) is 58.0 Å². The Bertz CT molecular complexity index is 737. The van der Waals surface area contributed by atoms with Crippen LogP contribution in [0.3, 0.4) is 0 Å². The maximum absolute atomic E-state index is 13.8. The molecule has 0 N–H and O–H groups in total. The smallest absolute Gasteiger partial charge is 0.224 e. The molecule has 0 aliphatic heterocycles. The molecule has 0 spiro atoms. The van der Waals surface area contributed by atoms with E-state index in [1.54, 1.807) is 42.5 Å². The molecule has 1 aromatic heterocycles. The van der Waals surface area contributed by atoms with Gasteiger partial charge in [-0.2, -0.15) is 0 Å². The molecule has 1 heterocycles. The quantitative estimate of drug-likeness (QED) is 0.730. The van der Waals surface area contributed by atoms with Crippen LogP contribution in [0.1, 0.15) is 24.5 Å². The Labute approximate surface area is 153 Å².